The minimum Gasteiger partial charge on any atom is -0.358 e. The summed E-state index contributed by atoms with van der Waals surface area (Å²) in [6.45, 7) is 1.87. The number of aromatic amines is 1. The van der Waals surface area contributed by atoms with Crippen molar-refractivity contribution in [3.63, 3.8) is 0 Å². The number of aromatic nitrogens is 2. The molecule has 3 heteroatoms. The molecular formula is C11H10N2O. The van der Waals surface area contributed by atoms with Gasteiger partial charge in [-0.05, 0) is 31.2 Å². The molecule has 0 radical (unpaired) electrons. The number of aryl methyl sites for hydroxylation is 1. The summed E-state index contributed by atoms with van der Waals surface area (Å²) < 4.78 is 0. The fourth-order valence-electron chi connectivity index (χ4n) is 1.28. The van der Waals surface area contributed by atoms with Gasteiger partial charge in [0.2, 0.25) is 5.78 Å². The van der Waals surface area contributed by atoms with Gasteiger partial charge < -0.3 is 4.98 Å². The van der Waals surface area contributed by atoms with Crippen LogP contribution >= 0.6 is 0 Å². The van der Waals surface area contributed by atoms with E-state index < -0.39 is 0 Å². The van der Waals surface area contributed by atoms with E-state index in [0.717, 1.165) is 5.69 Å². The van der Waals surface area contributed by atoms with Gasteiger partial charge in [-0.25, -0.2) is 4.98 Å². The molecule has 2 aromatic heterocycles. The zero-order valence-electron chi connectivity index (χ0n) is 7.82. The predicted molar refractivity (Wildman–Crippen MR) is 53.2 cm³/mol. The summed E-state index contributed by atoms with van der Waals surface area (Å²) in [5.41, 5.74) is 1.90. The fourth-order valence-corrected chi connectivity index (χ4v) is 1.28. The molecule has 0 bridgehead atoms. The van der Waals surface area contributed by atoms with Gasteiger partial charge in [0, 0.05) is 11.9 Å². The highest BCUT2D eigenvalue weighted by molar-refractivity contribution is 6.06. The SMILES string of the molecule is Cc1cccc(C(=O)c2ccc[nH]2)n1. The molecule has 2 aromatic rings. The normalized spacial score (nSPS) is 10.1. The lowest BCUT2D eigenvalue weighted by molar-refractivity contribution is 0.103. The first-order valence-electron chi connectivity index (χ1n) is 4.39. The van der Waals surface area contributed by atoms with Gasteiger partial charge in [-0.2, -0.15) is 0 Å². The maximum Gasteiger partial charge on any atom is 0.227 e. The molecule has 2 heterocycles. The van der Waals surface area contributed by atoms with Crippen molar-refractivity contribution in [3.8, 4) is 0 Å². The van der Waals surface area contributed by atoms with E-state index in [2.05, 4.69) is 9.97 Å². The second-order valence-corrected chi connectivity index (χ2v) is 3.08. The Morgan fingerprint density at radius 1 is 1.29 bits per heavy atom. The molecule has 2 rings (SSSR count). The van der Waals surface area contributed by atoms with Crippen LogP contribution in [0.5, 0.6) is 0 Å². The van der Waals surface area contributed by atoms with Gasteiger partial charge in [0.05, 0.1) is 5.69 Å². The van der Waals surface area contributed by atoms with Gasteiger partial charge >= 0.3 is 0 Å². The van der Waals surface area contributed by atoms with E-state index in [-0.39, 0.29) is 5.78 Å². The lowest BCUT2D eigenvalue weighted by atomic mass is 10.2. The minimum atomic E-state index is -0.0706. The Morgan fingerprint density at radius 3 is 2.79 bits per heavy atom. The highest BCUT2D eigenvalue weighted by Crippen LogP contribution is 2.05. The summed E-state index contributed by atoms with van der Waals surface area (Å²) >= 11 is 0. The van der Waals surface area contributed by atoms with Crippen LogP contribution in [0.2, 0.25) is 0 Å². The number of nitrogens with zero attached hydrogens (tertiary/aromatic N) is 1. The van der Waals surface area contributed by atoms with E-state index in [0.29, 0.717) is 11.4 Å². The predicted octanol–water partition coefficient (Wildman–Crippen LogP) is 1.95. The number of pyridine rings is 1. The molecule has 0 saturated heterocycles. The van der Waals surface area contributed by atoms with E-state index in [4.69, 9.17) is 0 Å². The van der Waals surface area contributed by atoms with Crippen molar-refractivity contribution >= 4 is 5.78 Å². The van der Waals surface area contributed by atoms with Crippen LogP contribution in [0.4, 0.5) is 0 Å². The van der Waals surface area contributed by atoms with Gasteiger partial charge in [0.25, 0.3) is 0 Å². The van der Waals surface area contributed by atoms with E-state index in [1.807, 2.05) is 19.1 Å². The first-order chi connectivity index (χ1) is 6.77. The molecule has 0 atom stereocenters. The Balaban J connectivity index is 2.37. The molecule has 0 fully saturated rings. The number of ketones is 1. The molecule has 14 heavy (non-hydrogen) atoms. The van der Waals surface area contributed by atoms with Crippen molar-refractivity contribution < 1.29 is 4.79 Å². The smallest absolute Gasteiger partial charge is 0.227 e. The number of hydrogen-bond donors (Lipinski definition) is 1. The highest BCUT2D eigenvalue weighted by Gasteiger charge is 2.10. The third-order valence-electron chi connectivity index (χ3n) is 1.96. The molecule has 70 valence electrons. The molecule has 0 aliphatic carbocycles. The van der Waals surface area contributed by atoms with Crippen molar-refractivity contribution in [3.05, 3.63) is 53.6 Å². The third kappa shape index (κ3) is 1.57. The van der Waals surface area contributed by atoms with Crippen molar-refractivity contribution in [1.82, 2.24) is 9.97 Å². The molecule has 0 aliphatic heterocycles. The Morgan fingerprint density at radius 2 is 2.14 bits per heavy atom. The van der Waals surface area contributed by atoms with Gasteiger partial charge in [-0.15, -0.1) is 0 Å². The number of hydrogen-bond acceptors (Lipinski definition) is 2. The van der Waals surface area contributed by atoms with Crippen LogP contribution < -0.4 is 0 Å². The first kappa shape index (κ1) is 8.69. The van der Waals surface area contributed by atoms with Crippen molar-refractivity contribution in [2.24, 2.45) is 0 Å². The number of nitrogens with one attached hydrogen (secondary N) is 1. The van der Waals surface area contributed by atoms with Gasteiger partial charge in [0.1, 0.15) is 5.69 Å². The summed E-state index contributed by atoms with van der Waals surface area (Å²) in [6, 6.07) is 8.95. The topological polar surface area (TPSA) is 45.8 Å². The van der Waals surface area contributed by atoms with Crippen LogP contribution in [0.1, 0.15) is 21.9 Å². The van der Waals surface area contributed by atoms with Crippen LogP contribution in [0.3, 0.4) is 0 Å². The molecule has 1 N–H and O–H groups in total. The summed E-state index contributed by atoms with van der Waals surface area (Å²) in [4.78, 5) is 18.8. The van der Waals surface area contributed by atoms with Crippen LogP contribution in [-0.4, -0.2) is 15.8 Å². The molecule has 0 aliphatic rings. The number of H-pyrrole nitrogens is 1. The average Bonchev–Trinajstić information content (AvgIpc) is 2.69. The summed E-state index contributed by atoms with van der Waals surface area (Å²) in [5, 5.41) is 0. The van der Waals surface area contributed by atoms with Gasteiger partial charge in [-0.1, -0.05) is 6.07 Å². The van der Waals surface area contributed by atoms with Gasteiger partial charge in [-0.3, -0.25) is 4.79 Å². The standard InChI is InChI=1S/C11H10N2O/c1-8-4-2-5-10(13-8)11(14)9-6-3-7-12-9/h2-7,12H,1H3. The van der Waals surface area contributed by atoms with Crippen molar-refractivity contribution in [2.45, 2.75) is 6.92 Å². The fraction of sp³-hybridized carbons (Fsp3) is 0.0909. The first-order valence-corrected chi connectivity index (χ1v) is 4.39. The molecular weight excluding hydrogens is 176 g/mol. The van der Waals surface area contributed by atoms with E-state index in [1.165, 1.54) is 0 Å². The highest BCUT2D eigenvalue weighted by atomic mass is 16.1. The Kier molecular flexibility index (Phi) is 2.14. The van der Waals surface area contributed by atoms with Crippen LogP contribution in [-0.2, 0) is 0 Å². The third-order valence-corrected chi connectivity index (χ3v) is 1.96. The zero-order chi connectivity index (χ0) is 9.97. The number of carbonyl (C=O) groups is 1. The Hall–Kier alpha value is -1.90. The summed E-state index contributed by atoms with van der Waals surface area (Å²) in [5.74, 6) is -0.0706. The maximum atomic E-state index is 11.8. The van der Waals surface area contributed by atoms with Crippen molar-refractivity contribution in [1.29, 1.82) is 0 Å². The van der Waals surface area contributed by atoms with E-state index >= 15 is 0 Å². The average molecular weight is 186 g/mol. The summed E-state index contributed by atoms with van der Waals surface area (Å²) in [7, 11) is 0. The Bertz CT molecular complexity index is 446. The lowest BCUT2D eigenvalue weighted by Gasteiger charge is -1.98. The lowest BCUT2D eigenvalue weighted by Crippen LogP contribution is -2.04. The quantitative estimate of drug-likeness (QED) is 0.728. The van der Waals surface area contributed by atoms with Gasteiger partial charge in [0.15, 0.2) is 0 Å². The molecule has 0 amide bonds. The zero-order valence-corrected chi connectivity index (χ0v) is 7.82. The largest absolute Gasteiger partial charge is 0.358 e. The van der Waals surface area contributed by atoms with E-state index in [1.54, 1.807) is 24.4 Å². The molecule has 0 spiro atoms. The number of carbonyl (C=O) groups excluding carboxylic acids is 1. The van der Waals surface area contributed by atoms with E-state index in [9.17, 15) is 4.79 Å². The second-order valence-electron chi connectivity index (χ2n) is 3.08. The molecule has 0 unspecified atom stereocenters. The van der Waals surface area contributed by atoms with Crippen molar-refractivity contribution in [2.75, 3.05) is 0 Å². The number of rotatable bonds is 2. The van der Waals surface area contributed by atoms with Crippen LogP contribution in [0.25, 0.3) is 0 Å². The molecule has 0 saturated carbocycles. The van der Waals surface area contributed by atoms with Crippen LogP contribution in [0.15, 0.2) is 36.5 Å². The molecule has 3 nitrogen and oxygen atoms in total. The minimum absolute atomic E-state index is 0.0706. The molecule has 0 aromatic carbocycles. The summed E-state index contributed by atoms with van der Waals surface area (Å²) in [6.07, 6.45) is 1.73. The Labute approximate surface area is 81.8 Å². The van der Waals surface area contributed by atoms with Crippen LogP contribution in [0, 0.1) is 6.92 Å². The monoisotopic (exact) mass is 186 g/mol. The maximum absolute atomic E-state index is 11.8. The second kappa shape index (κ2) is 3.46.